The van der Waals surface area contributed by atoms with E-state index in [0.29, 0.717) is 22.2 Å². The van der Waals surface area contributed by atoms with Crippen molar-refractivity contribution in [3.05, 3.63) is 75.7 Å². The highest BCUT2D eigenvalue weighted by atomic mass is 79.9. The summed E-state index contributed by atoms with van der Waals surface area (Å²) in [7, 11) is -2.47. The Labute approximate surface area is 199 Å². The molecule has 168 valence electrons. The Kier molecular flexibility index (Phi) is 7.65. The van der Waals surface area contributed by atoms with Crippen LogP contribution in [0.3, 0.4) is 0 Å². The summed E-state index contributed by atoms with van der Waals surface area (Å²) in [5.41, 5.74) is 1.39. The second-order valence-electron chi connectivity index (χ2n) is 6.72. The lowest BCUT2D eigenvalue weighted by Gasteiger charge is -2.14. The number of rotatable bonds is 8. The third-order valence-electron chi connectivity index (χ3n) is 4.35. The molecular weight excluding hydrogens is 520 g/mol. The summed E-state index contributed by atoms with van der Waals surface area (Å²) in [5, 5.41) is 3.20. The number of hydrogen-bond donors (Lipinski definition) is 2. The third-order valence-corrected chi connectivity index (χ3v) is 6.49. The molecule has 0 atom stereocenters. The molecule has 10 heteroatoms. The Hall–Kier alpha value is -2.75. The highest BCUT2D eigenvalue weighted by molar-refractivity contribution is 9.10. The summed E-state index contributed by atoms with van der Waals surface area (Å²) in [6, 6.07) is 16.0. The Morgan fingerprint density at radius 3 is 2.38 bits per heavy atom. The van der Waals surface area contributed by atoms with Crippen molar-refractivity contribution in [3.63, 3.8) is 0 Å². The smallest absolute Gasteiger partial charge is 0.262 e. The predicted molar refractivity (Wildman–Crippen MR) is 128 cm³/mol. The Morgan fingerprint density at radius 1 is 1.03 bits per heavy atom. The van der Waals surface area contributed by atoms with E-state index in [2.05, 4.69) is 26.0 Å². The van der Waals surface area contributed by atoms with Gasteiger partial charge in [-0.1, -0.05) is 27.5 Å². The lowest BCUT2D eigenvalue weighted by Crippen LogP contribution is -2.21. The first kappa shape index (κ1) is 23.9. The number of amides is 1. The highest BCUT2D eigenvalue weighted by Crippen LogP contribution is 2.29. The summed E-state index contributed by atoms with van der Waals surface area (Å²) >= 11 is 9.23. The van der Waals surface area contributed by atoms with Gasteiger partial charge in [-0.05, 0) is 73.2 Å². The lowest BCUT2D eigenvalue weighted by atomic mass is 10.2. The number of hydrogen-bond acceptors (Lipinski definition) is 5. The maximum atomic E-state index is 12.8. The van der Waals surface area contributed by atoms with Gasteiger partial charge in [0.25, 0.3) is 15.9 Å². The Balaban J connectivity index is 1.75. The van der Waals surface area contributed by atoms with Gasteiger partial charge in [-0.2, -0.15) is 0 Å². The van der Waals surface area contributed by atoms with Gasteiger partial charge in [0.1, 0.15) is 11.5 Å². The number of carbonyl (C=O) groups is 1. The summed E-state index contributed by atoms with van der Waals surface area (Å²) < 4.78 is 39.7. The molecule has 0 saturated heterocycles. The number of ether oxygens (including phenoxy) is 2. The number of nitrogens with one attached hydrogen (secondary N) is 2. The van der Waals surface area contributed by atoms with Crippen molar-refractivity contribution in [1.82, 2.24) is 0 Å². The summed E-state index contributed by atoms with van der Waals surface area (Å²) in [5.74, 6) is 0.350. The molecular formula is C22H20BrClN2O5S. The quantitative estimate of drug-likeness (QED) is 0.408. The fourth-order valence-electron chi connectivity index (χ4n) is 2.79. The lowest BCUT2D eigenvalue weighted by molar-refractivity contribution is -0.118. The van der Waals surface area contributed by atoms with E-state index in [4.69, 9.17) is 21.1 Å². The van der Waals surface area contributed by atoms with Crippen molar-refractivity contribution in [1.29, 1.82) is 0 Å². The van der Waals surface area contributed by atoms with Crippen molar-refractivity contribution in [2.24, 2.45) is 0 Å². The predicted octanol–water partition coefficient (Wildman–Crippen LogP) is 5.24. The van der Waals surface area contributed by atoms with Gasteiger partial charge < -0.3 is 14.8 Å². The summed E-state index contributed by atoms with van der Waals surface area (Å²) in [6.45, 7) is 1.54. The van der Waals surface area contributed by atoms with Crippen LogP contribution in [-0.2, 0) is 14.8 Å². The van der Waals surface area contributed by atoms with Crippen LogP contribution < -0.4 is 19.5 Å². The SMILES string of the molecule is COc1ccc(S(=O)(=O)Nc2ccc(Br)cc2)cc1NC(=O)COc1ccc(Cl)cc1C. The summed E-state index contributed by atoms with van der Waals surface area (Å²) in [6.07, 6.45) is 0. The van der Waals surface area contributed by atoms with E-state index in [-0.39, 0.29) is 17.2 Å². The molecule has 0 aromatic heterocycles. The van der Waals surface area contributed by atoms with Crippen LogP contribution in [0.4, 0.5) is 11.4 Å². The van der Waals surface area contributed by atoms with E-state index in [9.17, 15) is 13.2 Å². The van der Waals surface area contributed by atoms with Crippen LogP contribution in [-0.4, -0.2) is 28.0 Å². The molecule has 0 fully saturated rings. The molecule has 0 spiro atoms. The molecule has 3 aromatic carbocycles. The largest absolute Gasteiger partial charge is 0.495 e. The molecule has 1 amide bonds. The molecule has 0 aliphatic rings. The first-order valence-corrected chi connectivity index (χ1v) is 12.0. The van der Waals surface area contributed by atoms with Gasteiger partial charge >= 0.3 is 0 Å². The van der Waals surface area contributed by atoms with Crippen LogP contribution in [0, 0.1) is 6.92 Å². The Bertz CT molecular complexity index is 1230. The van der Waals surface area contributed by atoms with Crippen molar-refractivity contribution < 1.29 is 22.7 Å². The molecule has 0 saturated carbocycles. The van der Waals surface area contributed by atoms with E-state index < -0.39 is 15.9 Å². The van der Waals surface area contributed by atoms with Gasteiger partial charge in [-0.25, -0.2) is 8.42 Å². The standard InChI is InChI=1S/C22H20BrClN2O5S/c1-14-11-16(24)5-9-20(14)31-13-22(27)25-19-12-18(8-10-21(19)30-2)32(28,29)26-17-6-3-15(23)4-7-17/h3-12,26H,13H2,1-2H3,(H,25,27). The van der Waals surface area contributed by atoms with Crippen LogP contribution >= 0.6 is 27.5 Å². The number of methoxy groups -OCH3 is 1. The first-order valence-electron chi connectivity index (χ1n) is 9.33. The third kappa shape index (κ3) is 6.15. The van der Waals surface area contributed by atoms with E-state index in [1.807, 2.05) is 6.92 Å². The normalized spacial score (nSPS) is 11.0. The molecule has 7 nitrogen and oxygen atoms in total. The van der Waals surface area contributed by atoms with Gasteiger partial charge in [-0.15, -0.1) is 0 Å². The topological polar surface area (TPSA) is 93.7 Å². The first-order chi connectivity index (χ1) is 15.2. The van der Waals surface area contributed by atoms with Crippen molar-refractivity contribution >= 4 is 54.8 Å². The zero-order valence-corrected chi connectivity index (χ0v) is 20.3. The zero-order valence-electron chi connectivity index (χ0n) is 17.2. The molecule has 0 radical (unpaired) electrons. The van der Waals surface area contributed by atoms with Gasteiger partial charge in [0.05, 0.1) is 17.7 Å². The fourth-order valence-corrected chi connectivity index (χ4v) is 4.36. The molecule has 0 aliphatic carbocycles. The summed E-state index contributed by atoms with van der Waals surface area (Å²) in [4.78, 5) is 12.4. The van der Waals surface area contributed by atoms with Crippen molar-refractivity contribution in [2.75, 3.05) is 23.8 Å². The number of benzene rings is 3. The van der Waals surface area contributed by atoms with E-state index in [1.165, 1.54) is 25.3 Å². The monoisotopic (exact) mass is 538 g/mol. The van der Waals surface area contributed by atoms with Gasteiger partial charge in [0.2, 0.25) is 0 Å². The number of carbonyl (C=O) groups excluding carboxylic acids is 1. The number of sulfonamides is 1. The number of aryl methyl sites for hydroxylation is 1. The molecule has 3 aromatic rings. The van der Waals surface area contributed by atoms with Crippen LogP contribution in [0.1, 0.15) is 5.56 Å². The molecule has 0 aliphatic heterocycles. The maximum Gasteiger partial charge on any atom is 0.262 e. The van der Waals surface area contributed by atoms with Gasteiger partial charge in [-0.3, -0.25) is 9.52 Å². The fraction of sp³-hybridized carbons (Fsp3) is 0.136. The Morgan fingerprint density at radius 2 is 1.72 bits per heavy atom. The second kappa shape index (κ2) is 10.2. The average Bonchev–Trinajstić information content (AvgIpc) is 2.74. The van der Waals surface area contributed by atoms with Gasteiger partial charge in [0, 0.05) is 15.2 Å². The zero-order chi connectivity index (χ0) is 23.3. The van der Waals surface area contributed by atoms with E-state index in [0.717, 1.165) is 10.0 Å². The molecule has 3 rings (SSSR count). The minimum absolute atomic E-state index is 0.0361. The van der Waals surface area contributed by atoms with Crippen molar-refractivity contribution in [2.45, 2.75) is 11.8 Å². The van der Waals surface area contributed by atoms with Gasteiger partial charge in [0.15, 0.2) is 6.61 Å². The second-order valence-corrected chi connectivity index (χ2v) is 9.76. The average molecular weight is 540 g/mol. The van der Waals surface area contributed by atoms with Crippen LogP contribution in [0.25, 0.3) is 0 Å². The molecule has 0 bridgehead atoms. The molecule has 32 heavy (non-hydrogen) atoms. The van der Waals surface area contributed by atoms with E-state index >= 15 is 0 Å². The maximum absolute atomic E-state index is 12.8. The number of anilines is 2. The molecule has 2 N–H and O–H groups in total. The van der Waals surface area contributed by atoms with Crippen LogP contribution in [0.2, 0.25) is 5.02 Å². The number of halogens is 2. The minimum Gasteiger partial charge on any atom is -0.495 e. The minimum atomic E-state index is -3.89. The molecule has 0 heterocycles. The molecule has 0 unspecified atom stereocenters. The highest BCUT2D eigenvalue weighted by Gasteiger charge is 2.18. The van der Waals surface area contributed by atoms with Crippen LogP contribution in [0.5, 0.6) is 11.5 Å². The van der Waals surface area contributed by atoms with Crippen molar-refractivity contribution in [3.8, 4) is 11.5 Å². The van der Waals surface area contributed by atoms with Crippen LogP contribution in [0.15, 0.2) is 70.0 Å². The van der Waals surface area contributed by atoms with E-state index in [1.54, 1.807) is 42.5 Å².